The Morgan fingerprint density at radius 1 is 1.17 bits per heavy atom. The van der Waals surface area contributed by atoms with Crippen LogP contribution < -0.4 is 10.0 Å². The third-order valence-electron chi connectivity index (χ3n) is 4.43. The molecule has 0 atom stereocenters. The van der Waals surface area contributed by atoms with Gasteiger partial charge in [-0.25, -0.2) is 13.1 Å². The highest BCUT2D eigenvalue weighted by molar-refractivity contribution is 7.89. The molecule has 3 aromatic rings. The first-order chi connectivity index (χ1) is 14.2. The molecule has 2 aromatic carbocycles. The number of amides is 1. The van der Waals surface area contributed by atoms with Crippen molar-refractivity contribution < 1.29 is 18.1 Å². The number of nitrogens with one attached hydrogen (secondary N) is 2. The molecule has 0 saturated heterocycles. The van der Waals surface area contributed by atoms with Crippen LogP contribution in [0, 0.1) is 17.0 Å². The number of carbonyl (C=O) groups excluding carboxylic acids is 1. The van der Waals surface area contributed by atoms with Crippen molar-refractivity contribution in [3.63, 3.8) is 0 Å². The summed E-state index contributed by atoms with van der Waals surface area (Å²) in [5, 5.41) is 17.6. The predicted octanol–water partition coefficient (Wildman–Crippen LogP) is 2.31. The zero-order chi connectivity index (χ0) is 21.9. The highest BCUT2D eigenvalue weighted by Crippen LogP contribution is 2.18. The maximum atomic E-state index is 12.8. The van der Waals surface area contributed by atoms with Gasteiger partial charge >= 0.3 is 5.82 Å². The quantitative estimate of drug-likeness (QED) is 0.437. The SMILES string of the molecule is CNS(=O)(=O)c1ccc(NC(=O)c2ccccc2Cn2nc([N+](=O)[O-])cc2C)cc1. The summed E-state index contributed by atoms with van der Waals surface area (Å²) in [4.78, 5) is 23.2. The second kappa shape index (κ2) is 8.43. The highest BCUT2D eigenvalue weighted by atomic mass is 32.2. The number of aromatic nitrogens is 2. The van der Waals surface area contributed by atoms with Crippen molar-refractivity contribution in [2.45, 2.75) is 18.4 Å². The second-order valence-electron chi connectivity index (χ2n) is 6.40. The fraction of sp³-hybridized carbons (Fsp3) is 0.158. The summed E-state index contributed by atoms with van der Waals surface area (Å²) in [7, 11) is -2.25. The minimum atomic E-state index is -3.57. The lowest BCUT2D eigenvalue weighted by Crippen LogP contribution is -2.19. The van der Waals surface area contributed by atoms with Crippen molar-refractivity contribution in [2.24, 2.45) is 0 Å². The van der Waals surface area contributed by atoms with Crippen LogP contribution in [0.4, 0.5) is 11.5 Å². The first kappa shape index (κ1) is 21.1. The number of rotatable bonds is 7. The molecule has 0 radical (unpaired) electrons. The third kappa shape index (κ3) is 4.53. The molecular weight excluding hydrogens is 410 g/mol. The van der Waals surface area contributed by atoms with Gasteiger partial charge in [0.05, 0.1) is 28.3 Å². The summed E-state index contributed by atoms with van der Waals surface area (Å²) in [6.45, 7) is 1.88. The van der Waals surface area contributed by atoms with Crippen molar-refractivity contribution >= 4 is 27.4 Å². The Morgan fingerprint density at radius 2 is 1.83 bits per heavy atom. The Bertz CT molecular complexity index is 1200. The van der Waals surface area contributed by atoms with E-state index in [0.717, 1.165) is 0 Å². The monoisotopic (exact) mass is 429 g/mol. The van der Waals surface area contributed by atoms with Crippen LogP contribution in [0.3, 0.4) is 0 Å². The van der Waals surface area contributed by atoms with E-state index in [9.17, 15) is 23.3 Å². The fourth-order valence-electron chi connectivity index (χ4n) is 2.82. The summed E-state index contributed by atoms with van der Waals surface area (Å²) >= 11 is 0. The minimum Gasteiger partial charge on any atom is -0.358 e. The summed E-state index contributed by atoms with van der Waals surface area (Å²) in [6, 6.07) is 14.0. The van der Waals surface area contributed by atoms with Crippen LogP contribution in [0.1, 0.15) is 21.6 Å². The number of nitro groups is 1. The number of aryl methyl sites for hydroxylation is 1. The van der Waals surface area contributed by atoms with E-state index >= 15 is 0 Å². The van der Waals surface area contributed by atoms with Crippen LogP contribution in [0.2, 0.25) is 0 Å². The normalized spacial score (nSPS) is 11.3. The maximum Gasteiger partial charge on any atom is 0.390 e. The van der Waals surface area contributed by atoms with E-state index < -0.39 is 20.9 Å². The topological polar surface area (TPSA) is 136 Å². The molecule has 0 aliphatic rings. The number of carbonyl (C=O) groups is 1. The summed E-state index contributed by atoms with van der Waals surface area (Å²) < 4.78 is 27.3. The van der Waals surface area contributed by atoms with Gasteiger partial charge in [-0.1, -0.05) is 18.2 Å². The van der Waals surface area contributed by atoms with Crippen LogP contribution in [-0.2, 0) is 16.6 Å². The van der Waals surface area contributed by atoms with Crippen molar-refractivity contribution in [3.05, 3.63) is 81.5 Å². The Kier molecular flexibility index (Phi) is 5.94. The molecule has 11 heteroatoms. The van der Waals surface area contributed by atoms with Gasteiger partial charge in [0, 0.05) is 11.3 Å². The van der Waals surface area contributed by atoms with Gasteiger partial charge in [0.1, 0.15) is 0 Å². The minimum absolute atomic E-state index is 0.0825. The lowest BCUT2D eigenvalue weighted by atomic mass is 10.1. The van der Waals surface area contributed by atoms with Crippen LogP contribution in [0.15, 0.2) is 59.5 Å². The van der Waals surface area contributed by atoms with Crippen molar-refractivity contribution in [2.75, 3.05) is 12.4 Å². The van der Waals surface area contributed by atoms with Gasteiger partial charge in [-0.05, 0) is 54.8 Å². The number of hydrogen-bond donors (Lipinski definition) is 2. The summed E-state index contributed by atoms with van der Waals surface area (Å²) in [6.07, 6.45) is 0. The number of nitrogens with zero attached hydrogens (tertiary/aromatic N) is 3. The first-order valence-corrected chi connectivity index (χ1v) is 10.3. The van der Waals surface area contributed by atoms with E-state index in [-0.39, 0.29) is 17.3 Å². The fourth-order valence-corrected chi connectivity index (χ4v) is 3.55. The molecule has 0 unspecified atom stereocenters. The first-order valence-electron chi connectivity index (χ1n) is 8.83. The Hall–Kier alpha value is -3.57. The Morgan fingerprint density at radius 3 is 2.43 bits per heavy atom. The molecule has 0 spiro atoms. The number of anilines is 1. The highest BCUT2D eigenvalue weighted by Gasteiger charge is 2.18. The predicted molar refractivity (Wildman–Crippen MR) is 110 cm³/mol. The molecule has 0 aliphatic heterocycles. The third-order valence-corrected chi connectivity index (χ3v) is 5.86. The largest absolute Gasteiger partial charge is 0.390 e. The number of benzene rings is 2. The van der Waals surface area contributed by atoms with E-state index in [1.807, 2.05) is 0 Å². The zero-order valence-electron chi connectivity index (χ0n) is 16.2. The molecule has 0 saturated carbocycles. The molecule has 0 aliphatic carbocycles. The molecule has 0 fully saturated rings. The lowest BCUT2D eigenvalue weighted by Gasteiger charge is -2.10. The average Bonchev–Trinajstić information content (AvgIpc) is 3.09. The van der Waals surface area contributed by atoms with Crippen molar-refractivity contribution in [1.29, 1.82) is 0 Å². The molecule has 156 valence electrons. The summed E-state index contributed by atoms with van der Waals surface area (Å²) in [5.41, 5.74) is 2.03. The van der Waals surface area contributed by atoms with Gasteiger partial charge in [0.15, 0.2) is 0 Å². The zero-order valence-corrected chi connectivity index (χ0v) is 17.0. The molecule has 0 bridgehead atoms. The van der Waals surface area contributed by atoms with E-state index in [0.29, 0.717) is 22.5 Å². The molecule has 3 rings (SSSR count). The van der Waals surface area contributed by atoms with Crippen LogP contribution in [0.25, 0.3) is 0 Å². The van der Waals surface area contributed by atoms with Crippen LogP contribution in [0.5, 0.6) is 0 Å². The van der Waals surface area contributed by atoms with Crippen LogP contribution in [-0.4, -0.2) is 36.1 Å². The summed E-state index contributed by atoms with van der Waals surface area (Å²) in [5.74, 6) is -0.653. The number of sulfonamides is 1. The molecule has 1 aromatic heterocycles. The van der Waals surface area contributed by atoms with Gasteiger partial charge in [-0.2, -0.15) is 4.68 Å². The molecule has 1 heterocycles. The van der Waals surface area contributed by atoms with Gasteiger partial charge in [-0.15, -0.1) is 0 Å². The molecule has 1 amide bonds. The molecule has 10 nitrogen and oxygen atoms in total. The standard InChI is InChI=1S/C19H19N5O5S/c1-13-11-18(24(26)27)22-23(13)12-14-5-3-4-6-17(14)19(25)21-15-7-9-16(10-8-15)30(28,29)20-2/h3-11,20H,12H2,1-2H3,(H,21,25). The second-order valence-corrected chi connectivity index (χ2v) is 8.29. The van der Waals surface area contributed by atoms with Gasteiger partial charge in [-0.3, -0.25) is 4.79 Å². The smallest absolute Gasteiger partial charge is 0.358 e. The van der Waals surface area contributed by atoms with E-state index in [4.69, 9.17) is 0 Å². The van der Waals surface area contributed by atoms with Crippen molar-refractivity contribution in [3.8, 4) is 0 Å². The van der Waals surface area contributed by atoms with Gasteiger partial charge in [0.25, 0.3) is 5.91 Å². The van der Waals surface area contributed by atoms with Crippen LogP contribution >= 0.6 is 0 Å². The van der Waals surface area contributed by atoms with Gasteiger partial charge in [0.2, 0.25) is 10.0 Å². The Labute approximate surface area is 172 Å². The van der Waals surface area contributed by atoms with Crippen molar-refractivity contribution in [1.82, 2.24) is 14.5 Å². The van der Waals surface area contributed by atoms with Gasteiger partial charge < -0.3 is 15.4 Å². The lowest BCUT2D eigenvalue weighted by molar-refractivity contribution is -0.389. The molecule has 2 N–H and O–H groups in total. The van der Waals surface area contributed by atoms with E-state index in [2.05, 4.69) is 15.1 Å². The average molecular weight is 429 g/mol. The Balaban J connectivity index is 1.82. The maximum absolute atomic E-state index is 12.8. The molecule has 30 heavy (non-hydrogen) atoms. The van der Waals surface area contributed by atoms with E-state index in [1.165, 1.54) is 42.1 Å². The van der Waals surface area contributed by atoms with E-state index in [1.54, 1.807) is 31.2 Å². The molecular formula is C19H19N5O5S. The number of hydrogen-bond acceptors (Lipinski definition) is 6.